The van der Waals surface area contributed by atoms with Crippen LogP contribution in [0.2, 0.25) is 0 Å². The maximum absolute atomic E-state index is 11.9. The first kappa shape index (κ1) is 16.3. The third-order valence-electron chi connectivity index (χ3n) is 3.24. The Kier molecular flexibility index (Phi) is 4.62. The Bertz CT molecular complexity index is 404. The second-order valence-electron chi connectivity index (χ2n) is 5.83. The lowest BCUT2D eigenvalue weighted by atomic mass is 9.78. The largest absolute Gasteiger partial charge is 0.549 e. The number of nitrogens with zero attached hydrogens (tertiary/aromatic N) is 1. The van der Waals surface area contributed by atoms with Crippen molar-refractivity contribution in [3.05, 3.63) is 0 Å². The standard InChI is InChI=1S/C13H21NO6/c1-12(2,3)20-11(18)14-7-5-13(6-8-14,9(15)16)10(17)19-4/h5-8H2,1-4H3,(H,15,16)/p-1. The summed E-state index contributed by atoms with van der Waals surface area (Å²) in [6, 6.07) is 0. The van der Waals surface area contributed by atoms with Crippen LogP contribution < -0.4 is 5.11 Å². The van der Waals surface area contributed by atoms with Gasteiger partial charge in [0.15, 0.2) is 0 Å². The molecule has 1 rings (SSSR count). The van der Waals surface area contributed by atoms with Gasteiger partial charge in [0.05, 0.1) is 13.1 Å². The Labute approximate surface area is 117 Å². The van der Waals surface area contributed by atoms with Crippen molar-refractivity contribution in [1.29, 1.82) is 0 Å². The Hall–Kier alpha value is -1.79. The molecule has 1 aliphatic heterocycles. The first-order valence-corrected chi connectivity index (χ1v) is 6.40. The molecular formula is C13H20NO6-. The summed E-state index contributed by atoms with van der Waals surface area (Å²) >= 11 is 0. The van der Waals surface area contributed by atoms with E-state index in [0.717, 1.165) is 7.11 Å². The number of hydrogen-bond donors (Lipinski definition) is 0. The van der Waals surface area contributed by atoms with Crippen LogP contribution in [-0.4, -0.2) is 48.7 Å². The smallest absolute Gasteiger partial charge is 0.410 e. The van der Waals surface area contributed by atoms with Crippen LogP contribution in [0.3, 0.4) is 0 Å². The van der Waals surface area contributed by atoms with E-state index >= 15 is 0 Å². The van der Waals surface area contributed by atoms with Gasteiger partial charge in [0.2, 0.25) is 0 Å². The van der Waals surface area contributed by atoms with Crippen molar-refractivity contribution in [2.45, 2.75) is 39.2 Å². The van der Waals surface area contributed by atoms with Gasteiger partial charge in [-0.25, -0.2) is 4.79 Å². The molecule has 0 bridgehead atoms. The van der Waals surface area contributed by atoms with Gasteiger partial charge in [0, 0.05) is 13.1 Å². The van der Waals surface area contributed by atoms with Gasteiger partial charge < -0.3 is 24.3 Å². The van der Waals surface area contributed by atoms with Crippen molar-refractivity contribution in [3.8, 4) is 0 Å². The molecule has 1 heterocycles. The summed E-state index contributed by atoms with van der Waals surface area (Å²) in [5, 5.41) is 11.2. The van der Waals surface area contributed by atoms with Gasteiger partial charge in [-0.15, -0.1) is 0 Å². The average molecular weight is 286 g/mol. The number of carbonyl (C=O) groups is 3. The van der Waals surface area contributed by atoms with Gasteiger partial charge in [-0.1, -0.05) is 0 Å². The highest BCUT2D eigenvalue weighted by Gasteiger charge is 2.45. The van der Waals surface area contributed by atoms with E-state index in [-0.39, 0.29) is 25.9 Å². The lowest BCUT2D eigenvalue weighted by Crippen LogP contribution is -2.55. The lowest BCUT2D eigenvalue weighted by Gasteiger charge is -2.40. The molecule has 0 aromatic carbocycles. The molecule has 0 radical (unpaired) electrons. The summed E-state index contributed by atoms with van der Waals surface area (Å²) < 4.78 is 9.74. The van der Waals surface area contributed by atoms with Crippen molar-refractivity contribution < 1.29 is 29.0 Å². The van der Waals surface area contributed by atoms with E-state index in [1.165, 1.54) is 4.90 Å². The minimum atomic E-state index is -1.67. The fourth-order valence-corrected chi connectivity index (χ4v) is 2.08. The van der Waals surface area contributed by atoms with Crippen LogP contribution in [0.4, 0.5) is 4.79 Å². The predicted molar refractivity (Wildman–Crippen MR) is 66.5 cm³/mol. The molecule has 1 saturated heterocycles. The van der Waals surface area contributed by atoms with E-state index in [4.69, 9.17) is 4.74 Å². The summed E-state index contributed by atoms with van der Waals surface area (Å²) in [7, 11) is 1.13. The number of carboxylic acid groups (broad SMARTS) is 1. The number of ether oxygens (including phenoxy) is 2. The van der Waals surface area contributed by atoms with Gasteiger partial charge in [-0.2, -0.15) is 0 Å². The summed E-state index contributed by atoms with van der Waals surface area (Å²) in [4.78, 5) is 36.1. The molecule has 0 spiro atoms. The molecule has 1 amide bonds. The Morgan fingerprint density at radius 3 is 2.00 bits per heavy atom. The number of likely N-dealkylation sites (tertiary alicyclic amines) is 1. The molecule has 1 fully saturated rings. The minimum absolute atomic E-state index is 0.0404. The van der Waals surface area contributed by atoms with Gasteiger partial charge in [-0.05, 0) is 33.6 Å². The number of hydrogen-bond acceptors (Lipinski definition) is 6. The number of piperidine rings is 1. The summed E-state index contributed by atoms with van der Waals surface area (Å²) in [5.74, 6) is -2.30. The first-order valence-electron chi connectivity index (χ1n) is 6.40. The fraction of sp³-hybridized carbons (Fsp3) is 0.769. The summed E-state index contributed by atoms with van der Waals surface area (Å²) in [6.07, 6.45) is -0.600. The first-order chi connectivity index (χ1) is 9.12. The maximum Gasteiger partial charge on any atom is 0.410 e. The molecule has 0 unspecified atom stereocenters. The minimum Gasteiger partial charge on any atom is -0.549 e. The van der Waals surface area contributed by atoms with Crippen molar-refractivity contribution in [3.63, 3.8) is 0 Å². The Morgan fingerprint density at radius 2 is 1.65 bits per heavy atom. The van der Waals surface area contributed by atoms with Crippen LogP contribution in [-0.2, 0) is 19.1 Å². The molecule has 0 aliphatic carbocycles. The molecule has 7 heteroatoms. The molecule has 114 valence electrons. The summed E-state index contributed by atoms with van der Waals surface area (Å²) in [5.41, 5.74) is -2.30. The zero-order valence-corrected chi connectivity index (χ0v) is 12.2. The van der Waals surface area contributed by atoms with E-state index < -0.39 is 29.0 Å². The van der Waals surface area contributed by atoms with Gasteiger partial charge >= 0.3 is 12.1 Å². The van der Waals surface area contributed by atoms with Crippen molar-refractivity contribution >= 4 is 18.0 Å². The van der Waals surface area contributed by atoms with E-state index in [1.807, 2.05) is 0 Å². The Balaban J connectivity index is 2.73. The number of methoxy groups -OCH3 is 1. The zero-order chi connectivity index (χ0) is 15.6. The molecule has 0 N–H and O–H groups in total. The third kappa shape index (κ3) is 3.40. The van der Waals surface area contributed by atoms with Crippen molar-refractivity contribution in [1.82, 2.24) is 4.90 Å². The molecule has 0 aromatic heterocycles. The highest BCUT2D eigenvalue weighted by molar-refractivity contribution is 5.98. The SMILES string of the molecule is COC(=O)C1(C(=O)[O-])CCN(C(=O)OC(C)(C)C)CC1. The van der Waals surface area contributed by atoms with E-state index in [2.05, 4.69) is 4.74 Å². The fourth-order valence-electron chi connectivity index (χ4n) is 2.08. The molecule has 20 heavy (non-hydrogen) atoms. The molecule has 0 atom stereocenters. The second-order valence-corrected chi connectivity index (χ2v) is 5.83. The number of esters is 1. The van der Waals surface area contributed by atoms with Crippen LogP contribution in [0.25, 0.3) is 0 Å². The molecule has 7 nitrogen and oxygen atoms in total. The van der Waals surface area contributed by atoms with Crippen LogP contribution in [0.5, 0.6) is 0 Å². The van der Waals surface area contributed by atoms with Gasteiger partial charge in [0.1, 0.15) is 11.0 Å². The second kappa shape index (κ2) is 5.68. The molecule has 1 aliphatic rings. The maximum atomic E-state index is 11.9. The number of rotatable bonds is 2. The quantitative estimate of drug-likeness (QED) is 0.520. The third-order valence-corrected chi connectivity index (χ3v) is 3.24. The van der Waals surface area contributed by atoms with Gasteiger partial charge in [-0.3, -0.25) is 4.79 Å². The number of carboxylic acids is 1. The van der Waals surface area contributed by atoms with Crippen molar-refractivity contribution in [2.24, 2.45) is 5.41 Å². The molecule has 0 saturated carbocycles. The number of carbonyl (C=O) groups excluding carboxylic acids is 3. The van der Waals surface area contributed by atoms with Gasteiger partial charge in [0.25, 0.3) is 0 Å². The normalized spacial score (nSPS) is 18.3. The van der Waals surface area contributed by atoms with Crippen molar-refractivity contribution in [2.75, 3.05) is 20.2 Å². The van der Waals surface area contributed by atoms with Crippen LogP contribution in [0.15, 0.2) is 0 Å². The molecule has 0 aromatic rings. The van der Waals surface area contributed by atoms with E-state index in [9.17, 15) is 19.5 Å². The number of aliphatic carboxylic acids is 1. The zero-order valence-electron chi connectivity index (χ0n) is 12.2. The number of amides is 1. The van der Waals surface area contributed by atoms with E-state index in [0.29, 0.717) is 0 Å². The Morgan fingerprint density at radius 1 is 1.15 bits per heavy atom. The predicted octanol–water partition coefficient (Wildman–Crippen LogP) is -0.0734. The average Bonchev–Trinajstić information content (AvgIpc) is 2.35. The van der Waals surface area contributed by atoms with Crippen LogP contribution in [0, 0.1) is 5.41 Å². The topological polar surface area (TPSA) is 96.0 Å². The monoisotopic (exact) mass is 286 g/mol. The summed E-state index contributed by atoms with van der Waals surface area (Å²) in [6.45, 7) is 5.45. The van der Waals surface area contributed by atoms with Crippen LogP contribution in [0.1, 0.15) is 33.6 Å². The highest BCUT2D eigenvalue weighted by Crippen LogP contribution is 2.33. The molecular weight excluding hydrogens is 266 g/mol. The van der Waals surface area contributed by atoms with Crippen LogP contribution >= 0.6 is 0 Å². The lowest BCUT2D eigenvalue weighted by molar-refractivity contribution is -0.319. The van der Waals surface area contributed by atoms with E-state index in [1.54, 1.807) is 20.8 Å². The highest BCUT2D eigenvalue weighted by atomic mass is 16.6.